The quantitative estimate of drug-likeness (QED) is 0.464. The molecule has 8 nitrogen and oxygen atoms in total. The fourth-order valence-electron chi connectivity index (χ4n) is 2.94. The first-order valence-corrected chi connectivity index (χ1v) is 11.5. The summed E-state index contributed by atoms with van der Waals surface area (Å²) < 4.78 is 54.2. The molecule has 1 heterocycles. The number of hydrogen-bond acceptors (Lipinski definition) is 7. The minimum Gasteiger partial charge on any atom is -0.497 e. The number of hydrogen-bond donors (Lipinski definition) is 0. The van der Waals surface area contributed by atoms with Crippen LogP contribution in [0, 0.1) is 0 Å². The molecule has 3 aromatic rings. The van der Waals surface area contributed by atoms with Gasteiger partial charge < -0.3 is 23.5 Å². The molecular weight excluding hydrogens is 428 g/mol. The van der Waals surface area contributed by atoms with Crippen LogP contribution in [0.5, 0.6) is 17.2 Å². The summed E-state index contributed by atoms with van der Waals surface area (Å²) in [6.45, 7) is 3.27. The Bertz CT molecular complexity index is 1180. The lowest BCUT2D eigenvalue weighted by Crippen LogP contribution is -2.20. The largest absolute Gasteiger partial charge is 0.497 e. The lowest BCUT2D eigenvalue weighted by molar-refractivity contribution is 0.139. The minimum absolute atomic E-state index is 0.0797. The third-order valence-corrected chi connectivity index (χ3v) is 6.90. The topological polar surface area (TPSA) is 88.4 Å². The third kappa shape index (κ3) is 4.45. The van der Waals surface area contributed by atoms with Crippen LogP contribution in [-0.2, 0) is 21.3 Å². The van der Waals surface area contributed by atoms with Crippen molar-refractivity contribution in [2.75, 3.05) is 34.5 Å². The highest BCUT2D eigenvalue weighted by Gasteiger charge is 2.19. The van der Waals surface area contributed by atoms with Crippen LogP contribution < -0.4 is 19.0 Å². The SMILES string of the molecule is CCOCCn1c(=NS(=O)(=O)c2ccc(OC)cc2)sc2c(OC)ccc(OC)c21. The standard InChI is InChI=1S/C20H24N2O6S2/c1-5-28-13-12-22-18-16(26-3)10-11-17(27-4)19(18)29-20(22)21-30(23,24)15-8-6-14(25-2)7-9-15/h6-11H,5,12-13H2,1-4H3. The smallest absolute Gasteiger partial charge is 0.285 e. The van der Waals surface area contributed by atoms with E-state index in [2.05, 4.69) is 4.40 Å². The van der Waals surface area contributed by atoms with Crippen LogP contribution in [0.1, 0.15) is 6.92 Å². The highest BCUT2D eigenvalue weighted by molar-refractivity contribution is 7.90. The maximum absolute atomic E-state index is 13.0. The Kier molecular flexibility index (Phi) is 7.01. The zero-order valence-electron chi connectivity index (χ0n) is 17.2. The van der Waals surface area contributed by atoms with Gasteiger partial charge in [-0.2, -0.15) is 8.42 Å². The molecule has 0 bridgehead atoms. The Balaban J connectivity index is 2.23. The monoisotopic (exact) mass is 452 g/mol. The van der Waals surface area contributed by atoms with Crippen molar-refractivity contribution < 1.29 is 27.4 Å². The predicted molar refractivity (Wildman–Crippen MR) is 115 cm³/mol. The summed E-state index contributed by atoms with van der Waals surface area (Å²) in [7, 11) is 0.711. The van der Waals surface area contributed by atoms with Crippen molar-refractivity contribution >= 4 is 31.6 Å². The van der Waals surface area contributed by atoms with E-state index in [1.54, 1.807) is 43.1 Å². The molecular formula is C20H24N2O6S2. The second kappa shape index (κ2) is 9.50. The van der Waals surface area contributed by atoms with Gasteiger partial charge in [0.1, 0.15) is 27.5 Å². The molecule has 0 amide bonds. The molecule has 10 heteroatoms. The minimum atomic E-state index is -3.94. The number of thiazole rings is 1. The molecule has 0 aliphatic heterocycles. The third-order valence-electron chi connectivity index (χ3n) is 4.41. The van der Waals surface area contributed by atoms with Gasteiger partial charge in [-0.1, -0.05) is 11.3 Å². The summed E-state index contributed by atoms with van der Waals surface area (Å²) in [6, 6.07) is 9.68. The Morgan fingerprint density at radius 3 is 2.23 bits per heavy atom. The van der Waals surface area contributed by atoms with E-state index in [1.165, 1.54) is 30.6 Å². The van der Waals surface area contributed by atoms with Crippen molar-refractivity contribution in [2.24, 2.45) is 4.40 Å². The number of sulfonamides is 1. The molecule has 0 spiro atoms. The average molecular weight is 453 g/mol. The molecule has 0 saturated heterocycles. The maximum Gasteiger partial charge on any atom is 0.285 e. The highest BCUT2D eigenvalue weighted by Crippen LogP contribution is 2.35. The normalized spacial score (nSPS) is 12.3. The Labute approximate surface area is 179 Å². The van der Waals surface area contributed by atoms with Gasteiger partial charge in [0.2, 0.25) is 4.80 Å². The second-order valence-corrected chi connectivity index (χ2v) is 8.70. The van der Waals surface area contributed by atoms with E-state index in [4.69, 9.17) is 18.9 Å². The fourth-order valence-corrected chi connectivity index (χ4v) is 5.30. The number of ether oxygens (including phenoxy) is 4. The van der Waals surface area contributed by atoms with Gasteiger partial charge in [-0.3, -0.25) is 0 Å². The first kappa shape index (κ1) is 22.1. The Morgan fingerprint density at radius 2 is 1.63 bits per heavy atom. The van der Waals surface area contributed by atoms with Crippen molar-refractivity contribution in [3.05, 3.63) is 41.2 Å². The van der Waals surface area contributed by atoms with E-state index in [0.29, 0.717) is 47.3 Å². The molecule has 0 aliphatic carbocycles. The van der Waals surface area contributed by atoms with Gasteiger partial charge in [-0.05, 0) is 43.3 Å². The van der Waals surface area contributed by atoms with Crippen LogP contribution in [0.3, 0.4) is 0 Å². The van der Waals surface area contributed by atoms with Gasteiger partial charge in [-0.15, -0.1) is 4.40 Å². The van der Waals surface area contributed by atoms with E-state index in [1.807, 2.05) is 6.92 Å². The van der Waals surface area contributed by atoms with Gasteiger partial charge in [-0.25, -0.2) is 0 Å². The first-order valence-electron chi connectivity index (χ1n) is 9.22. The van der Waals surface area contributed by atoms with Crippen molar-refractivity contribution in [3.8, 4) is 17.2 Å². The highest BCUT2D eigenvalue weighted by atomic mass is 32.2. The second-order valence-electron chi connectivity index (χ2n) is 6.12. The van der Waals surface area contributed by atoms with Crippen LogP contribution in [0.25, 0.3) is 10.2 Å². The number of nitrogens with zero attached hydrogens (tertiary/aromatic N) is 2. The molecule has 0 saturated carbocycles. The molecule has 2 aromatic carbocycles. The lowest BCUT2D eigenvalue weighted by atomic mass is 10.3. The van der Waals surface area contributed by atoms with Gasteiger partial charge in [0.15, 0.2) is 0 Å². The van der Waals surface area contributed by atoms with E-state index in [-0.39, 0.29) is 4.90 Å². The summed E-state index contributed by atoms with van der Waals surface area (Å²) in [5, 5.41) is 0. The van der Waals surface area contributed by atoms with Crippen LogP contribution in [0.15, 0.2) is 45.7 Å². The average Bonchev–Trinajstić information content (AvgIpc) is 3.10. The van der Waals surface area contributed by atoms with Crippen molar-refractivity contribution in [2.45, 2.75) is 18.4 Å². The lowest BCUT2D eigenvalue weighted by Gasteiger charge is -2.10. The maximum atomic E-state index is 13.0. The number of fused-ring (bicyclic) bond motifs is 1. The zero-order valence-corrected chi connectivity index (χ0v) is 18.9. The van der Waals surface area contributed by atoms with E-state index in [9.17, 15) is 8.42 Å². The summed E-state index contributed by atoms with van der Waals surface area (Å²) in [6.07, 6.45) is 0. The number of aromatic nitrogens is 1. The van der Waals surface area contributed by atoms with Crippen LogP contribution in [0.4, 0.5) is 0 Å². The number of methoxy groups -OCH3 is 3. The van der Waals surface area contributed by atoms with Crippen LogP contribution in [-0.4, -0.2) is 47.5 Å². The van der Waals surface area contributed by atoms with Gasteiger partial charge >= 0.3 is 0 Å². The van der Waals surface area contributed by atoms with Gasteiger partial charge in [0, 0.05) is 13.2 Å². The fraction of sp³-hybridized carbons (Fsp3) is 0.350. The summed E-state index contributed by atoms with van der Waals surface area (Å²) in [4.78, 5) is 0.388. The number of benzene rings is 2. The van der Waals surface area contributed by atoms with E-state index < -0.39 is 10.0 Å². The molecule has 30 heavy (non-hydrogen) atoms. The van der Waals surface area contributed by atoms with E-state index >= 15 is 0 Å². The molecule has 1 aromatic heterocycles. The summed E-state index contributed by atoms with van der Waals surface area (Å²) in [5.74, 6) is 1.78. The van der Waals surface area contributed by atoms with Crippen molar-refractivity contribution in [3.63, 3.8) is 0 Å². The first-order chi connectivity index (χ1) is 14.4. The van der Waals surface area contributed by atoms with Crippen LogP contribution >= 0.6 is 11.3 Å². The summed E-state index contributed by atoms with van der Waals surface area (Å²) in [5.41, 5.74) is 0.713. The molecule has 0 atom stereocenters. The molecule has 0 aliphatic rings. The molecule has 0 unspecified atom stereocenters. The van der Waals surface area contributed by atoms with Crippen LogP contribution in [0.2, 0.25) is 0 Å². The Morgan fingerprint density at radius 1 is 0.967 bits per heavy atom. The molecule has 0 N–H and O–H groups in total. The molecule has 162 valence electrons. The van der Waals surface area contributed by atoms with Gasteiger partial charge in [0.05, 0.1) is 32.8 Å². The summed E-state index contributed by atoms with van der Waals surface area (Å²) >= 11 is 1.22. The van der Waals surface area contributed by atoms with E-state index in [0.717, 1.165) is 4.70 Å². The molecule has 0 radical (unpaired) electrons. The molecule has 0 fully saturated rings. The Hall–Kier alpha value is -2.56. The molecule has 3 rings (SSSR count). The number of rotatable bonds is 9. The predicted octanol–water partition coefficient (Wildman–Crippen LogP) is 3.05. The van der Waals surface area contributed by atoms with Gasteiger partial charge in [0.25, 0.3) is 10.0 Å². The van der Waals surface area contributed by atoms with Crippen molar-refractivity contribution in [1.82, 2.24) is 4.57 Å². The van der Waals surface area contributed by atoms with Crippen molar-refractivity contribution in [1.29, 1.82) is 0 Å². The zero-order chi connectivity index (χ0) is 21.7.